The zero-order chi connectivity index (χ0) is 28.4. The number of amides is 2. The van der Waals surface area contributed by atoms with Crippen LogP contribution in [0, 0.1) is 0 Å². The summed E-state index contributed by atoms with van der Waals surface area (Å²) in [7, 11) is 2.01. The Hall–Kier alpha value is -3.36. The molecule has 2 amide bonds. The number of likely N-dealkylation sites (N-methyl/N-ethyl adjacent to an activating group) is 1. The number of anilines is 1. The summed E-state index contributed by atoms with van der Waals surface area (Å²) in [6, 6.07) is 14.5. The molecule has 214 valence electrons. The highest BCUT2D eigenvalue weighted by molar-refractivity contribution is 6.01. The lowest BCUT2D eigenvalue weighted by atomic mass is 9.97. The second-order valence-corrected chi connectivity index (χ2v) is 12.2. The first-order valence-corrected chi connectivity index (χ1v) is 14.4. The van der Waals surface area contributed by atoms with Gasteiger partial charge in [-0.2, -0.15) is 0 Å². The lowest BCUT2D eigenvalue weighted by Crippen LogP contribution is -2.44. The minimum Gasteiger partial charge on any atom is -0.444 e. The van der Waals surface area contributed by atoms with Crippen LogP contribution in [0.2, 0.25) is 0 Å². The van der Waals surface area contributed by atoms with Crippen molar-refractivity contribution < 1.29 is 19.4 Å². The number of hydrogen-bond donors (Lipinski definition) is 1. The lowest BCUT2D eigenvalue weighted by Gasteiger charge is -2.32. The predicted molar refractivity (Wildman–Crippen MR) is 157 cm³/mol. The number of carbonyl (C=O) groups is 2. The number of rotatable bonds is 5. The van der Waals surface area contributed by atoms with Crippen LogP contribution in [-0.4, -0.2) is 96.4 Å². The molecule has 0 aliphatic carbocycles. The summed E-state index contributed by atoms with van der Waals surface area (Å²) in [5, 5.41) is 11.0. The highest BCUT2D eigenvalue weighted by atomic mass is 16.6. The number of ether oxygens (including phenoxy) is 1. The highest BCUT2D eigenvalue weighted by Gasteiger charge is 2.29. The summed E-state index contributed by atoms with van der Waals surface area (Å²) in [5.74, 6) is -0.0392. The largest absolute Gasteiger partial charge is 0.444 e. The monoisotopic (exact) mass is 546 g/mol. The van der Waals surface area contributed by atoms with Crippen molar-refractivity contribution in [3.8, 4) is 0 Å². The van der Waals surface area contributed by atoms with Crippen molar-refractivity contribution in [2.45, 2.75) is 51.9 Å². The Morgan fingerprint density at radius 3 is 2.50 bits per heavy atom. The van der Waals surface area contributed by atoms with Gasteiger partial charge in [0.05, 0.1) is 11.7 Å². The molecule has 40 heavy (non-hydrogen) atoms. The van der Waals surface area contributed by atoms with Crippen LogP contribution in [0.5, 0.6) is 0 Å². The van der Waals surface area contributed by atoms with Crippen molar-refractivity contribution in [1.29, 1.82) is 0 Å². The van der Waals surface area contributed by atoms with Gasteiger partial charge < -0.3 is 24.5 Å². The average molecular weight is 547 g/mol. The number of hydrogen-bond acceptors (Lipinski definition) is 6. The number of fused-ring (bicyclic) bond motifs is 2. The van der Waals surface area contributed by atoms with Gasteiger partial charge >= 0.3 is 6.09 Å². The smallest absolute Gasteiger partial charge is 0.410 e. The van der Waals surface area contributed by atoms with E-state index >= 15 is 0 Å². The van der Waals surface area contributed by atoms with E-state index in [2.05, 4.69) is 46.2 Å². The molecule has 1 atom stereocenters. The normalized spacial score (nSPS) is 19.0. The Kier molecular flexibility index (Phi) is 8.19. The molecule has 3 heterocycles. The minimum absolute atomic E-state index is 0.0392. The molecule has 0 saturated carbocycles. The first kappa shape index (κ1) is 28.2. The third-order valence-electron chi connectivity index (χ3n) is 7.97. The van der Waals surface area contributed by atoms with Crippen molar-refractivity contribution in [3.63, 3.8) is 0 Å². The van der Waals surface area contributed by atoms with E-state index in [-0.39, 0.29) is 12.0 Å². The van der Waals surface area contributed by atoms with Crippen molar-refractivity contribution in [2.75, 3.05) is 57.8 Å². The van der Waals surface area contributed by atoms with Gasteiger partial charge in [-0.3, -0.25) is 9.69 Å². The molecule has 8 heteroatoms. The van der Waals surface area contributed by atoms with Crippen molar-refractivity contribution in [3.05, 3.63) is 70.8 Å². The van der Waals surface area contributed by atoms with E-state index in [9.17, 15) is 14.7 Å². The summed E-state index contributed by atoms with van der Waals surface area (Å²) in [4.78, 5) is 34.0. The molecule has 2 aromatic carbocycles. The standard InChI is InChI=1S/C32H42N4O4/c1-32(2,3)40-31(39)35-15-12-24(13-16-35)25-9-10-28-29(19-25)33(4)17-18-36(30(28)38)22-27(37)21-34-14-11-23-7-5-6-8-26(23)20-34/h5-10,12,19,27,37H,11,13-18,20-22H2,1-4H3/t27-/m1/s1. The molecule has 0 radical (unpaired) electrons. The zero-order valence-corrected chi connectivity index (χ0v) is 24.2. The molecule has 5 rings (SSSR count). The van der Waals surface area contributed by atoms with Gasteiger partial charge in [-0.05, 0) is 68.0 Å². The Morgan fingerprint density at radius 1 is 1.00 bits per heavy atom. The van der Waals surface area contributed by atoms with E-state index < -0.39 is 11.7 Å². The number of benzene rings is 2. The van der Waals surface area contributed by atoms with E-state index in [1.165, 1.54) is 16.7 Å². The van der Waals surface area contributed by atoms with Crippen LogP contribution < -0.4 is 4.90 Å². The number of carbonyl (C=O) groups excluding carboxylic acids is 2. The average Bonchev–Trinajstić information content (AvgIpc) is 3.04. The minimum atomic E-state index is -0.611. The number of aliphatic hydroxyl groups is 1. The first-order chi connectivity index (χ1) is 19.1. The maximum absolute atomic E-state index is 13.6. The summed E-state index contributed by atoms with van der Waals surface area (Å²) in [6.45, 7) is 10.6. The third kappa shape index (κ3) is 6.50. The molecule has 0 unspecified atom stereocenters. The van der Waals surface area contributed by atoms with E-state index in [1.807, 2.05) is 40.0 Å². The second kappa shape index (κ2) is 11.6. The van der Waals surface area contributed by atoms with Crippen LogP contribution in [-0.2, 0) is 17.7 Å². The van der Waals surface area contributed by atoms with Gasteiger partial charge in [0, 0.05) is 65.1 Å². The van der Waals surface area contributed by atoms with Gasteiger partial charge in [-0.25, -0.2) is 4.79 Å². The van der Waals surface area contributed by atoms with Crippen LogP contribution in [0.4, 0.5) is 10.5 Å². The predicted octanol–water partition coefficient (Wildman–Crippen LogP) is 4.02. The molecule has 0 spiro atoms. The van der Waals surface area contributed by atoms with Crippen LogP contribution in [0.15, 0.2) is 48.5 Å². The topological polar surface area (TPSA) is 76.6 Å². The molecule has 8 nitrogen and oxygen atoms in total. The Balaban J connectivity index is 1.23. The second-order valence-electron chi connectivity index (χ2n) is 12.2. The van der Waals surface area contributed by atoms with Gasteiger partial charge in [0.2, 0.25) is 0 Å². The van der Waals surface area contributed by atoms with Crippen LogP contribution >= 0.6 is 0 Å². The maximum Gasteiger partial charge on any atom is 0.410 e. The van der Waals surface area contributed by atoms with Crippen molar-refractivity contribution in [2.24, 2.45) is 0 Å². The van der Waals surface area contributed by atoms with Gasteiger partial charge in [-0.15, -0.1) is 0 Å². The molecule has 0 aromatic heterocycles. The Morgan fingerprint density at radius 2 is 1.77 bits per heavy atom. The Labute approximate surface area is 237 Å². The summed E-state index contributed by atoms with van der Waals surface area (Å²) in [5.41, 5.74) is 6.00. The van der Waals surface area contributed by atoms with Crippen molar-refractivity contribution >= 4 is 23.3 Å². The fraction of sp³-hybridized carbons (Fsp3) is 0.500. The number of β-amino-alcohol motifs (C(OH)–C–C–N with tert-alkyl or cyclic N) is 1. The van der Waals surface area contributed by atoms with Gasteiger partial charge in [0.1, 0.15) is 5.60 Å². The zero-order valence-electron chi connectivity index (χ0n) is 24.2. The summed E-state index contributed by atoms with van der Waals surface area (Å²) >= 11 is 0. The molecular weight excluding hydrogens is 504 g/mol. The molecule has 2 aromatic rings. The quantitative estimate of drug-likeness (QED) is 0.611. The first-order valence-electron chi connectivity index (χ1n) is 14.4. The van der Waals surface area contributed by atoms with Gasteiger partial charge in [0.25, 0.3) is 5.91 Å². The van der Waals surface area contributed by atoms with Gasteiger partial charge in [0.15, 0.2) is 0 Å². The van der Waals surface area contributed by atoms with Crippen LogP contribution in [0.3, 0.4) is 0 Å². The summed E-state index contributed by atoms with van der Waals surface area (Å²) in [6.07, 6.45) is 2.90. The third-order valence-corrected chi connectivity index (χ3v) is 7.97. The molecule has 1 N–H and O–H groups in total. The fourth-order valence-electron chi connectivity index (χ4n) is 5.81. The molecule has 3 aliphatic heterocycles. The van der Waals surface area contributed by atoms with Crippen LogP contribution in [0.25, 0.3) is 5.57 Å². The van der Waals surface area contributed by atoms with Gasteiger partial charge in [-0.1, -0.05) is 36.4 Å². The molecule has 3 aliphatic rings. The number of nitrogens with zero attached hydrogens (tertiary/aromatic N) is 4. The number of aliphatic hydroxyl groups excluding tert-OH is 1. The summed E-state index contributed by atoms with van der Waals surface area (Å²) < 4.78 is 5.51. The van der Waals surface area contributed by atoms with E-state index in [0.717, 1.165) is 37.2 Å². The molecular formula is C32H42N4O4. The van der Waals surface area contributed by atoms with E-state index in [4.69, 9.17) is 4.74 Å². The fourth-order valence-corrected chi connectivity index (χ4v) is 5.81. The maximum atomic E-state index is 13.6. The SMILES string of the molecule is CN1CCN(C[C@H](O)CN2CCc3ccccc3C2)C(=O)c2ccc(C3=CCN(C(=O)OC(C)(C)C)CC3)cc21. The van der Waals surface area contributed by atoms with Crippen molar-refractivity contribution in [1.82, 2.24) is 14.7 Å². The highest BCUT2D eigenvalue weighted by Crippen LogP contribution is 2.31. The molecule has 0 bridgehead atoms. The van der Waals surface area contributed by atoms with E-state index in [1.54, 1.807) is 9.80 Å². The molecule has 0 saturated heterocycles. The molecule has 0 fully saturated rings. The lowest BCUT2D eigenvalue weighted by molar-refractivity contribution is 0.0270. The Bertz CT molecular complexity index is 1280. The van der Waals surface area contributed by atoms with Crippen LogP contribution in [0.1, 0.15) is 54.2 Å². The van der Waals surface area contributed by atoms with E-state index in [0.29, 0.717) is 44.8 Å².